The number of halogens is 1. The highest BCUT2D eigenvalue weighted by Crippen LogP contribution is 2.38. The third-order valence-corrected chi connectivity index (χ3v) is 13.4. The molecule has 4 aliphatic rings. The monoisotopic (exact) mass is 796 g/mol. The minimum atomic E-state index is -0.682. The van der Waals surface area contributed by atoms with Crippen LogP contribution >= 0.6 is 11.6 Å². The zero-order chi connectivity index (χ0) is 40.0. The highest BCUT2D eigenvalue weighted by Gasteiger charge is 2.33. The Morgan fingerprint density at radius 2 is 1.35 bits per heavy atom. The number of aromatic nitrogens is 4. The fourth-order valence-corrected chi connectivity index (χ4v) is 9.92. The summed E-state index contributed by atoms with van der Waals surface area (Å²) in [5.74, 6) is -0.358. The van der Waals surface area contributed by atoms with Gasteiger partial charge in [-0.05, 0) is 87.5 Å². The number of rotatable bonds is 9. The number of fused-ring (bicyclic) bond motifs is 2. The zero-order valence-corrected chi connectivity index (χ0v) is 33.8. The van der Waals surface area contributed by atoms with Crippen molar-refractivity contribution in [2.45, 2.75) is 96.4 Å². The molecule has 8 rings (SSSR count). The average Bonchev–Trinajstić information content (AvgIpc) is 3.72. The molecule has 4 aromatic rings. The molecule has 0 spiro atoms. The summed E-state index contributed by atoms with van der Waals surface area (Å²) in [7, 11) is 3.79. The first-order chi connectivity index (χ1) is 27.4. The molecule has 4 N–H and O–H groups in total. The molecule has 4 heterocycles. The van der Waals surface area contributed by atoms with Crippen molar-refractivity contribution in [1.82, 2.24) is 28.9 Å². The van der Waals surface area contributed by atoms with Gasteiger partial charge in [-0.1, -0.05) is 35.9 Å². The Kier molecular flexibility index (Phi) is 11.3. The SMILES string of the molecule is Cc1c(NC(=O)c2nc3c(n2C)CCN(C2CCC(O)CC2)C3)cccc1-c1cccc(NC(=O)c2nc3c(n2C)CCN(C[C@H]2CC[C@@H](C(=O)O)CC2)C3)c1Cl. The van der Waals surface area contributed by atoms with E-state index in [9.17, 15) is 24.6 Å². The maximum absolute atomic E-state index is 13.8. The second-order valence-corrected chi connectivity index (χ2v) is 16.9. The number of aliphatic hydroxyl groups is 1. The number of amides is 2. The van der Waals surface area contributed by atoms with Crippen LogP contribution in [0, 0.1) is 18.8 Å². The molecule has 2 aromatic carbocycles. The molecule has 0 radical (unpaired) electrons. The van der Waals surface area contributed by atoms with Crippen LogP contribution in [0.1, 0.15) is 101 Å². The third-order valence-electron chi connectivity index (χ3n) is 13.0. The van der Waals surface area contributed by atoms with Crippen LogP contribution in [0.2, 0.25) is 5.02 Å². The molecule has 14 heteroatoms. The van der Waals surface area contributed by atoms with E-state index in [1.807, 2.05) is 60.5 Å². The number of carbonyl (C=O) groups is 3. The number of aliphatic hydroxyl groups excluding tert-OH is 1. The van der Waals surface area contributed by atoms with Crippen molar-refractivity contribution in [2.75, 3.05) is 30.3 Å². The van der Waals surface area contributed by atoms with Gasteiger partial charge >= 0.3 is 5.97 Å². The fourth-order valence-electron chi connectivity index (χ4n) is 9.64. The Labute approximate surface area is 338 Å². The number of carboxylic acid groups (broad SMARTS) is 1. The number of nitrogens with one attached hydrogen (secondary N) is 2. The van der Waals surface area contributed by atoms with Crippen LogP contribution in [-0.2, 0) is 44.8 Å². The summed E-state index contributed by atoms with van der Waals surface area (Å²) in [6.07, 6.45) is 8.38. The predicted octanol–water partition coefficient (Wildman–Crippen LogP) is 6.20. The van der Waals surface area contributed by atoms with E-state index in [0.717, 1.165) is 123 Å². The molecule has 2 fully saturated rings. The van der Waals surface area contributed by atoms with Gasteiger partial charge in [0.05, 0.1) is 34.1 Å². The number of imidazole rings is 2. The summed E-state index contributed by atoms with van der Waals surface area (Å²) in [6.45, 7) is 6.00. The number of nitrogens with zero attached hydrogens (tertiary/aromatic N) is 6. The Bertz CT molecular complexity index is 2180. The van der Waals surface area contributed by atoms with Crippen LogP contribution in [0.15, 0.2) is 36.4 Å². The Morgan fingerprint density at radius 1 is 0.772 bits per heavy atom. The number of carbonyl (C=O) groups excluding carboxylic acids is 2. The van der Waals surface area contributed by atoms with E-state index < -0.39 is 5.97 Å². The van der Waals surface area contributed by atoms with E-state index in [1.54, 1.807) is 6.07 Å². The van der Waals surface area contributed by atoms with E-state index in [4.69, 9.17) is 21.6 Å². The molecular formula is C43H53ClN8O5. The topological polar surface area (TPSA) is 158 Å². The van der Waals surface area contributed by atoms with E-state index >= 15 is 0 Å². The molecule has 302 valence electrons. The predicted molar refractivity (Wildman–Crippen MR) is 218 cm³/mol. The van der Waals surface area contributed by atoms with Gasteiger partial charge in [0, 0.05) is 88.3 Å². The highest BCUT2D eigenvalue weighted by atomic mass is 35.5. The molecule has 0 unspecified atom stereocenters. The first kappa shape index (κ1) is 39.3. The quantitative estimate of drug-likeness (QED) is 0.155. The minimum Gasteiger partial charge on any atom is -0.481 e. The Morgan fingerprint density at radius 3 is 2.00 bits per heavy atom. The van der Waals surface area contributed by atoms with Crippen LogP contribution < -0.4 is 10.6 Å². The molecule has 2 saturated carbocycles. The summed E-state index contributed by atoms with van der Waals surface area (Å²) in [5.41, 5.74) is 7.46. The molecule has 2 amide bonds. The normalized spacial score (nSPS) is 22.8. The highest BCUT2D eigenvalue weighted by molar-refractivity contribution is 6.36. The second-order valence-electron chi connectivity index (χ2n) is 16.6. The number of hydrogen-bond donors (Lipinski definition) is 4. The molecule has 13 nitrogen and oxygen atoms in total. The summed E-state index contributed by atoms with van der Waals surface area (Å²) < 4.78 is 3.80. The Balaban J connectivity index is 0.933. The lowest BCUT2D eigenvalue weighted by molar-refractivity contribution is -0.143. The van der Waals surface area contributed by atoms with Crippen molar-refractivity contribution >= 4 is 40.8 Å². The molecule has 0 bridgehead atoms. The van der Waals surface area contributed by atoms with Gasteiger partial charge in [0.2, 0.25) is 0 Å². The van der Waals surface area contributed by atoms with Crippen molar-refractivity contribution in [3.63, 3.8) is 0 Å². The summed E-state index contributed by atoms with van der Waals surface area (Å²) in [4.78, 5) is 53.3. The standard InChI is InChI=1S/C43H53ClN8O5/c1-25-30(6-4-8-32(25)47-41(54)39-46-35-24-52(21-19-37(35)50(39)3)28-14-16-29(53)17-15-28)31-7-5-9-33(38(31)44)48-42(55)40-45-34-23-51(20-18-36(34)49(40)2)22-26-10-12-27(13-11-26)43(56)57/h4-9,26-29,53H,10-24H2,1-3H3,(H,47,54)(H,48,55)(H,56,57)/t26-,27+,28?,29?. The lowest BCUT2D eigenvalue weighted by atomic mass is 9.81. The van der Waals surface area contributed by atoms with Gasteiger partial charge in [-0.2, -0.15) is 0 Å². The lowest BCUT2D eigenvalue weighted by Crippen LogP contribution is -2.42. The van der Waals surface area contributed by atoms with Crippen LogP contribution in [0.5, 0.6) is 0 Å². The zero-order valence-electron chi connectivity index (χ0n) is 33.1. The number of hydrogen-bond acceptors (Lipinski definition) is 8. The van der Waals surface area contributed by atoms with E-state index in [0.29, 0.717) is 53.1 Å². The van der Waals surface area contributed by atoms with E-state index in [-0.39, 0.29) is 23.8 Å². The number of aliphatic carboxylic acids is 1. The largest absolute Gasteiger partial charge is 0.481 e. The van der Waals surface area contributed by atoms with Crippen molar-refractivity contribution in [1.29, 1.82) is 0 Å². The van der Waals surface area contributed by atoms with E-state index in [2.05, 4.69) is 20.4 Å². The maximum Gasteiger partial charge on any atom is 0.306 e. The Hall–Kier alpha value is -4.56. The van der Waals surface area contributed by atoms with Gasteiger partial charge in [-0.15, -0.1) is 0 Å². The first-order valence-corrected chi connectivity index (χ1v) is 20.8. The molecule has 0 atom stereocenters. The van der Waals surface area contributed by atoms with Crippen molar-refractivity contribution in [3.05, 3.63) is 81.4 Å². The van der Waals surface area contributed by atoms with Crippen LogP contribution in [-0.4, -0.2) is 88.7 Å². The van der Waals surface area contributed by atoms with Gasteiger partial charge < -0.3 is 30.0 Å². The smallest absolute Gasteiger partial charge is 0.306 e. The summed E-state index contributed by atoms with van der Waals surface area (Å²) in [5, 5.41) is 25.8. The molecule has 2 aromatic heterocycles. The van der Waals surface area contributed by atoms with Crippen LogP contribution in [0.4, 0.5) is 11.4 Å². The van der Waals surface area contributed by atoms with Gasteiger partial charge in [-0.3, -0.25) is 24.2 Å². The van der Waals surface area contributed by atoms with Crippen molar-refractivity contribution in [3.8, 4) is 11.1 Å². The average molecular weight is 797 g/mol. The number of carboxylic acids is 1. The summed E-state index contributed by atoms with van der Waals surface area (Å²) in [6, 6.07) is 11.7. The lowest BCUT2D eigenvalue weighted by Gasteiger charge is -2.37. The van der Waals surface area contributed by atoms with Gasteiger partial charge in [0.15, 0.2) is 11.6 Å². The fraction of sp³-hybridized carbons (Fsp3) is 0.512. The van der Waals surface area contributed by atoms with Crippen LogP contribution in [0.3, 0.4) is 0 Å². The molecule has 57 heavy (non-hydrogen) atoms. The summed E-state index contributed by atoms with van der Waals surface area (Å²) >= 11 is 7.04. The molecular weight excluding hydrogens is 744 g/mol. The second kappa shape index (κ2) is 16.4. The third kappa shape index (κ3) is 7.99. The molecule has 2 aliphatic carbocycles. The van der Waals surface area contributed by atoms with E-state index in [1.165, 1.54) is 0 Å². The minimum absolute atomic E-state index is 0.192. The number of benzene rings is 2. The molecule has 0 saturated heterocycles. The van der Waals surface area contributed by atoms with Crippen molar-refractivity contribution in [2.24, 2.45) is 25.9 Å². The maximum atomic E-state index is 13.8. The number of anilines is 2. The van der Waals surface area contributed by atoms with Crippen molar-refractivity contribution < 1.29 is 24.6 Å². The van der Waals surface area contributed by atoms with Gasteiger partial charge in [-0.25, -0.2) is 9.97 Å². The van der Waals surface area contributed by atoms with Gasteiger partial charge in [0.1, 0.15) is 0 Å². The van der Waals surface area contributed by atoms with Gasteiger partial charge in [0.25, 0.3) is 11.8 Å². The molecule has 2 aliphatic heterocycles. The van der Waals surface area contributed by atoms with Crippen LogP contribution in [0.25, 0.3) is 11.1 Å². The first-order valence-electron chi connectivity index (χ1n) is 20.4.